The molecule has 1 heterocycles. The van der Waals surface area contributed by atoms with Gasteiger partial charge >= 0.3 is 5.97 Å². The second kappa shape index (κ2) is 6.44. The molecule has 116 valence electrons. The van der Waals surface area contributed by atoms with Crippen LogP contribution in [0.1, 0.15) is 46.5 Å². The maximum Gasteiger partial charge on any atom is 0.304 e. The molecule has 1 saturated carbocycles. The largest absolute Gasteiger partial charge is 0.481 e. The van der Waals surface area contributed by atoms with Crippen molar-refractivity contribution < 1.29 is 9.90 Å². The Morgan fingerprint density at radius 1 is 1.20 bits per heavy atom. The maximum absolute atomic E-state index is 10.6. The lowest BCUT2D eigenvalue weighted by Gasteiger charge is -2.46. The van der Waals surface area contributed by atoms with Gasteiger partial charge in [-0.05, 0) is 30.6 Å². The lowest BCUT2D eigenvalue weighted by molar-refractivity contribution is -0.137. The second-order valence-corrected chi connectivity index (χ2v) is 7.59. The highest BCUT2D eigenvalue weighted by Gasteiger charge is 2.35. The fourth-order valence-corrected chi connectivity index (χ4v) is 4.18. The Morgan fingerprint density at radius 2 is 1.85 bits per heavy atom. The Hall–Kier alpha value is -0.610. The van der Waals surface area contributed by atoms with E-state index in [1.165, 1.54) is 19.3 Å². The van der Waals surface area contributed by atoms with E-state index in [0.717, 1.165) is 38.1 Å². The van der Waals surface area contributed by atoms with Gasteiger partial charge in [-0.2, -0.15) is 0 Å². The van der Waals surface area contributed by atoms with E-state index < -0.39 is 5.97 Å². The van der Waals surface area contributed by atoms with Crippen molar-refractivity contribution in [3.63, 3.8) is 0 Å². The predicted molar refractivity (Wildman–Crippen MR) is 80.8 cm³/mol. The summed E-state index contributed by atoms with van der Waals surface area (Å²) in [5, 5.41) is 8.75. The first kappa shape index (κ1) is 15.8. The molecule has 2 aliphatic rings. The number of carbonyl (C=O) groups is 1. The van der Waals surface area contributed by atoms with Gasteiger partial charge in [-0.3, -0.25) is 9.69 Å². The Morgan fingerprint density at radius 3 is 2.40 bits per heavy atom. The van der Waals surface area contributed by atoms with Crippen LogP contribution in [0, 0.1) is 11.3 Å². The molecule has 2 unspecified atom stereocenters. The minimum atomic E-state index is -0.685. The first-order chi connectivity index (χ1) is 9.35. The first-order valence-corrected chi connectivity index (χ1v) is 8.04. The van der Waals surface area contributed by atoms with E-state index in [2.05, 4.69) is 30.6 Å². The van der Waals surface area contributed by atoms with E-state index in [9.17, 15) is 4.79 Å². The molecule has 4 heteroatoms. The summed E-state index contributed by atoms with van der Waals surface area (Å²) < 4.78 is 0. The number of aliphatic carboxylic acids is 1. The van der Waals surface area contributed by atoms with Gasteiger partial charge in [-0.1, -0.05) is 20.8 Å². The molecule has 0 aromatic heterocycles. The van der Waals surface area contributed by atoms with Crippen LogP contribution in [-0.4, -0.2) is 59.6 Å². The van der Waals surface area contributed by atoms with Crippen molar-refractivity contribution in [2.75, 3.05) is 32.7 Å². The third-order valence-corrected chi connectivity index (χ3v) is 4.93. The van der Waals surface area contributed by atoms with Crippen LogP contribution in [0.3, 0.4) is 0 Å². The van der Waals surface area contributed by atoms with Crippen molar-refractivity contribution in [2.24, 2.45) is 11.3 Å². The summed E-state index contributed by atoms with van der Waals surface area (Å²) in [5.74, 6) is 0.143. The molecule has 2 rings (SSSR count). The zero-order chi connectivity index (χ0) is 14.8. The van der Waals surface area contributed by atoms with E-state index in [-0.39, 0.29) is 6.42 Å². The smallest absolute Gasteiger partial charge is 0.304 e. The van der Waals surface area contributed by atoms with Gasteiger partial charge in [-0.15, -0.1) is 0 Å². The summed E-state index contributed by atoms with van der Waals surface area (Å²) in [4.78, 5) is 15.6. The van der Waals surface area contributed by atoms with Crippen molar-refractivity contribution in [3.05, 3.63) is 0 Å². The van der Waals surface area contributed by atoms with Crippen LogP contribution in [0.4, 0.5) is 0 Å². The number of nitrogens with zero attached hydrogens (tertiary/aromatic N) is 2. The van der Waals surface area contributed by atoms with Crippen LogP contribution in [0.15, 0.2) is 0 Å². The van der Waals surface area contributed by atoms with E-state index >= 15 is 0 Å². The molecule has 0 aromatic carbocycles. The SMILES string of the molecule is CC1CC(N2CCN(CCC(=O)O)CC2)CC(C)(C)C1. The van der Waals surface area contributed by atoms with Crippen molar-refractivity contribution in [1.29, 1.82) is 0 Å². The lowest BCUT2D eigenvalue weighted by atomic mass is 9.70. The molecule has 0 radical (unpaired) electrons. The summed E-state index contributed by atoms with van der Waals surface area (Å²) in [5.41, 5.74) is 0.475. The first-order valence-electron chi connectivity index (χ1n) is 8.04. The van der Waals surface area contributed by atoms with E-state index in [1.54, 1.807) is 0 Å². The monoisotopic (exact) mass is 282 g/mol. The topological polar surface area (TPSA) is 43.8 Å². The van der Waals surface area contributed by atoms with Crippen molar-refractivity contribution >= 4 is 5.97 Å². The molecule has 0 bridgehead atoms. The maximum atomic E-state index is 10.6. The van der Waals surface area contributed by atoms with Crippen LogP contribution in [0.25, 0.3) is 0 Å². The van der Waals surface area contributed by atoms with Crippen molar-refractivity contribution in [3.8, 4) is 0 Å². The molecule has 0 spiro atoms. The highest BCUT2D eigenvalue weighted by atomic mass is 16.4. The van der Waals surface area contributed by atoms with Crippen LogP contribution in [-0.2, 0) is 4.79 Å². The Labute approximate surface area is 123 Å². The zero-order valence-electron chi connectivity index (χ0n) is 13.3. The van der Waals surface area contributed by atoms with Gasteiger partial charge in [0, 0.05) is 38.8 Å². The number of piperazine rings is 1. The van der Waals surface area contributed by atoms with E-state index in [1.807, 2.05) is 0 Å². The average molecular weight is 282 g/mol. The molecule has 0 aromatic rings. The van der Waals surface area contributed by atoms with Crippen molar-refractivity contribution in [2.45, 2.75) is 52.5 Å². The van der Waals surface area contributed by atoms with Crippen LogP contribution < -0.4 is 0 Å². The number of hydrogen-bond acceptors (Lipinski definition) is 3. The van der Waals surface area contributed by atoms with Crippen molar-refractivity contribution in [1.82, 2.24) is 9.80 Å². The van der Waals surface area contributed by atoms with E-state index in [4.69, 9.17) is 5.11 Å². The number of rotatable bonds is 4. The third-order valence-electron chi connectivity index (χ3n) is 4.93. The molecule has 4 nitrogen and oxygen atoms in total. The molecule has 1 N–H and O–H groups in total. The van der Waals surface area contributed by atoms with Gasteiger partial charge in [0.1, 0.15) is 0 Å². The molecular weight excluding hydrogens is 252 g/mol. The Balaban J connectivity index is 1.80. The van der Waals surface area contributed by atoms with Crippen LogP contribution in [0.2, 0.25) is 0 Å². The molecule has 1 aliphatic carbocycles. The van der Waals surface area contributed by atoms with Crippen LogP contribution in [0.5, 0.6) is 0 Å². The molecular formula is C16H30N2O2. The predicted octanol–water partition coefficient (Wildman–Crippen LogP) is 2.29. The summed E-state index contributed by atoms with van der Waals surface area (Å²) in [6, 6.07) is 0.732. The summed E-state index contributed by atoms with van der Waals surface area (Å²) in [7, 11) is 0. The second-order valence-electron chi connectivity index (χ2n) is 7.59. The van der Waals surface area contributed by atoms with Gasteiger partial charge < -0.3 is 10.0 Å². The molecule has 20 heavy (non-hydrogen) atoms. The highest BCUT2D eigenvalue weighted by molar-refractivity contribution is 5.66. The van der Waals surface area contributed by atoms with E-state index in [0.29, 0.717) is 12.0 Å². The van der Waals surface area contributed by atoms with Gasteiger partial charge in [0.25, 0.3) is 0 Å². The summed E-state index contributed by atoms with van der Waals surface area (Å²) in [6.07, 6.45) is 4.26. The minimum absolute atomic E-state index is 0.271. The standard InChI is InChI=1S/C16H30N2O2/c1-13-10-14(12-16(2,3)11-13)18-8-6-17(7-9-18)5-4-15(19)20/h13-14H,4-12H2,1-3H3,(H,19,20). The summed E-state index contributed by atoms with van der Waals surface area (Å²) in [6.45, 7) is 12.2. The highest BCUT2D eigenvalue weighted by Crippen LogP contribution is 2.40. The molecule has 2 atom stereocenters. The fraction of sp³-hybridized carbons (Fsp3) is 0.938. The Kier molecular flexibility index (Phi) is 5.08. The quantitative estimate of drug-likeness (QED) is 0.859. The third kappa shape index (κ3) is 4.45. The normalized spacial score (nSPS) is 32.1. The lowest BCUT2D eigenvalue weighted by Crippen LogP contribution is -2.53. The molecule has 2 fully saturated rings. The van der Waals surface area contributed by atoms with Gasteiger partial charge in [0.05, 0.1) is 6.42 Å². The zero-order valence-corrected chi connectivity index (χ0v) is 13.3. The molecule has 1 aliphatic heterocycles. The van der Waals surface area contributed by atoms with Gasteiger partial charge in [-0.25, -0.2) is 0 Å². The van der Waals surface area contributed by atoms with Gasteiger partial charge in [0.2, 0.25) is 0 Å². The number of carboxylic acid groups (broad SMARTS) is 1. The minimum Gasteiger partial charge on any atom is -0.481 e. The van der Waals surface area contributed by atoms with Crippen LogP contribution >= 0.6 is 0 Å². The Bertz CT molecular complexity index is 335. The molecule has 1 saturated heterocycles. The summed E-state index contributed by atoms with van der Waals surface area (Å²) >= 11 is 0. The fourth-order valence-electron chi connectivity index (χ4n) is 4.18. The van der Waals surface area contributed by atoms with Gasteiger partial charge in [0.15, 0.2) is 0 Å². The number of carboxylic acids is 1. The average Bonchev–Trinajstić information content (AvgIpc) is 2.34. The molecule has 0 amide bonds. The number of hydrogen-bond donors (Lipinski definition) is 1.